The van der Waals surface area contributed by atoms with Gasteiger partial charge in [-0.3, -0.25) is 4.57 Å². The van der Waals surface area contributed by atoms with Crippen LogP contribution in [-0.2, 0) is 12.0 Å². The van der Waals surface area contributed by atoms with E-state index in [-0.39, 0.29) is 22.7 Å². The first-order valence-corrected chi connectivity index (χ1v) is 9.71. The van der Waals surface area contributed by atoms with Gasteiger partial charge in [-0.2, -0.15) is 5.10 Å². The van der Waals surface area contributed by atoms with Gasteiger partial charge in [-0.05, 0) is 36.6 Å². The van der Waals surface area contributed by atoms with Gasteiger partial charge in [0.1, 0.15) is 5.82 Å². The van der Waals surface area contributed by atoms with Crippen LogP contribution < -0.4 is 5.69 Å². The lowest BCUT2D eigenvalue weighted by Gasteiger charge is -2.18. The minimum Gasteiger partial charge on any atom is -0.478 e. The van der Waals surface area contributed by atoms with Crippen molar-refractivity contribution in [2.75, 3.05) is 0 Å². The van der Waals surface area contributed by atoms with Gasteiger partial charge in [-0.15, -0.1) is 0 Å². The van der Waals surface area contributed by atoms with Gasteiger partial charge >= 0.3 is 11.7 Å². The van der Waals surface area contributed by atoms with E-state index in [1.165, 1.54) is 4.68 Å². The topological polar surface area (TPSA) is 77.1 Å². The predicted octanol–water partition coefficient (Wildman–Crippen LogP) is 4.34. The van der Waals surface area contributed by atoms with Crippen molar-refractivity contribution in [3.05, 3.63) is 76.0 Å². The molecule has 0 bridgehead atoms. The molecule has 0 fully saturated rings. The van der Waals surface area contributed by atoms with Crippen molar-refractivity contribution in [2.45, 2.75) is 52.6 Å². The van der Waals surface area contributed by atoms with E-state index in [4.69, 9.17) is 0 Å². The molecule has 0 saturated heterocycles. The molecule has 6 heteroatoms. The molecular formula is C23H27N3O3. The normalized spacial score (nSPS) is 11.8. The Hall–Kier alpha value is -3.15. The summed E-state index contributed by atoms with van der Waals surface area (Å²) in [5.41, 5.74) is 2.34. The van der Waals surface area contributed by atoms with Crippen molar-refractivity contribution >= 4 is 5.97 Å². The zero-order valence-corrected chi connectivity index (χ0v) is 17.5. The van der Waals surface area contributed by atoms with Crippen molar-refractivity contribution in [3.8, 4) is 11.1 Å². The van der Waals surface area contributed by atoms with Crippen LogP contribution in [0.15, 0.2) is 53.3 Å². The highest BCUT2D eigenvalue weighted by atomic mass is 16.4. The van der Waals surface area contributed by atoms with Crippen LogP contribution >= 0.6 is 0 Å². The van der Waals surface area contributed by atoms with Crippen LogP contribution in [0.5, 0.6) is 0 Å². The molecule has 1 aromatic heterocycles. The third-order valence-electron chi connectivity index (χ3n) is 4.81. The van der Waals surface area contributed by atoms with E-state index < -0.39 is 5.97 Å². The van der Waals surface area contributed by atoms with Gasteiger partial charge < -0.3 is 5.11 Å². The molecule has 0 aliphatic carbocycles. The molecule has 3 aromatic rings. The molecule has 0 unspecified atom stereocenters. The van der Waals surface area contributed by atoms with E-state index >= 15 is 0 Å². The maximum atomic E-state index is 12.9. The van der Waals surface area contributed by atoms with Gasteiger partial charge in [0.25, 0.3) is 0 Å². The zero-order chi connectivity index (χ0) is 21.3. The van der Waals surface area contributed by atoms with Crippen LogP contribution in [0.1, 0.15) is 62.4 Å². The Morgan fingerprint density at radius 2 is 1.69 bits per heavy atom. The highest BCUT2D eigenvalue weighted by Gasteiger charge is 2.25. The average molecular weight is 393 g/mol. The Morgan fingerprint density at radius 1 is 1.07 bits per heavy atom. The molecule has 0 atom stereocenters. The Balaban J connectivity index is 1.98. The smallest absolute Gasteiger partial charge is 0.346 e. The number of hydrogen-bond donors (Lipinski definition) is 1. The summed E-state index contributed by atoms with van der Waals surface area (Å²) in [5.74, 6) is -0.205. The first-order chi connectivity index (χ1) is 13.6. The second-order valence-electron chi connectivity index (χ2n) is 8.53. The standard InChI is InChI=1S/C23H27N3O3/c1-15(2)26-22(29)25(21(24-26)23(3,4)5)14-16-10-12-17(13-11-16)18-8-6-7-9-19(18)20(27)28/h6-13,15H,14H2,1-5H3,(H,27,28). The number of hydrogen-bond acceptors (Lipinski definition) is 3. The van der Waals surface area contributed by atoms with Gasteiger partial charge in [-0.25, -0.2) is 14.3 Å². The number of benzene rings is 2. The SMILES string of the molecule is CC(C)n1nc(C(C)(C)C)n(Cc2ccc(-c3ccccc3C(=O)O)cc2)c1=O. The molecule has 29 heavy (non-hydrogen) atoms. The molecule has 3 rings (SSSR count). The quantitative estimate of drug-likeness (QED) is 0.700. The number of rotatable bonds is 5. The van der Waals surface area contributed by atoms with Crippen LogP contribution in [0.25, 0.3) is 11.1 Å². The number of carboxylic acids is 1. The van der Waals surface area contributed by atoms with Crippen molar-refractivity contribution in [2.24, 2.45) is 0 Å². The fourth-order valence-electron chi connectivity index (χ4n) is 3.34. The maximum Gasteiger partial charge on any atom is 0.346 e. The number of aromatic nitrogens is 3. The summed E-state index contributed by atoms with van der Waals surface area (Å²) in [6.45, 7) is 10.4. The van der Waals surface area contributed by atoms with Crippen LogP contribution in [0.4, 0.5) is 0 Å². The van der Waals surface area contributed by atoms with Gasteiger partial charge in [-0.1, -0.05) is 63.2 Å². The number of nitrogens with zero attached hydrogens (tertiary/aromatic N) is 3. The number of carboxylic acid groups (broad SMARTS) is 1. The molecular weight excluding hydrogens is 366 g/mol. The summed E-state index contributed by atoms with van der Waals surface area (Å²) >= 11 is 0. The lowest BCUT2D eigenvalue weighted by Crippen LogP contribution is -2.28. The summed E-state index contributed by atoms with van der Waals surface area (Å²) in [6, 6.07) is 14.6. The third kappa shape index (κ3) is 4.16. The molecule has 0 aliphatic rings. The molecule has 0 aliphatic heterocycles. The fourth-order valence-corrected chi connectivity index (χ4v) is 3.34. The van der Waals surface area contributed by atoms with Gasteiger partial charge in [0, 0.05) is 5.41 Å². The van der Waals surface area contributed by atoms with Crippen molar-refractivity contribution < 1.29 is 9.90 Å². The molecule has 152 valence electrons. The predicted molar refractivity (Wildman–Crippen MR) is 114 cm³/mol. The van der Waals surface area contributed by atoms with E-state index in [2.05, 4.69) is 5.10 Å². The van der Waals surface area contributed by atoms with Crippen LogP contribution in [0.2, 0.25) is 0 Å². The molecule has 1 heterocycles. The Bertz CT molecular complexity index is 1080. The third-order valence-corrected chi connectivity index (χ3v) is 4.81. The monoisotopic (exact) mass is 393 g/mol. The minimum absolute atomic E-state index is 0.0141. The zero-order valence-electron chi connectivity index (χ0n) is 17.5. The Labute approximate surface area is 170 Å². The summed E-state index contributed by atoms with van der Waals surface area (Å²) in [7, 11) is 0. The van der Waals surface area contributed by atoms with Crippen molar-refractivity contribution in [3.63, 3.8) is 0 Å². The minimum atomic E-state index is -0.952. The van der Waals surface area contributed by atoms with Gasteiger partial charge in [0.15, 0.2) is 0 Å². The number of aromatic carboxylic acids is 1. The molecule has 0 saturated carbocycles. The summed E-state index contributed by atoms with van der Waals surface area (Å²) in [5, 5.41) is 14.0. The summed E-state index contributed by atoms with van der Waals surface area (Å²) < 4.78 is 3.25. The highest BCUT2D eigenvalue weighted by Crippen LogP contribution is 2.25. The van der Waals surface area contributed by atoms with E-state index in [0.717, 1.165) is 17.0 Å². The van der Waals surface area contributed by atoms with E-state index in [9.17, 15) is 14.7 Å². The first-order valence-electron chi connectivity index (χ1n) is 9.71. The van der Waals surface area contributed by atoms with Gasteiger partial charge in [0.2, 0.25) is 0 Å². The lowest BCUT2D eigenvalue weighted by atomic mass is 9.95. The van der Waals surface area contributed by atoms with Crippen LogP contribution in [0.3, 0.4) is 0 Å². The van der Waals surface area contributed by atoms with Crippen LogP contribution in [-0.4, -0.2) is 25.4 Å². The van der Waals surface area contributed by atoms with Crippen molar-refractivity contribution in [1.82, 2.24) is 14.3 Å². The Morgan fingerprint density at radius 3 is 2.24 bits per heavy atom. The van der Waals surface area contributed by atoms with E-state index in [1.54, 1.807) is 22.8 Å². The van der Waals surface area contributed by atoms with E-state index in [0.29, 0.717) is 12.1 Å². The molecule has 0 spiro atoms. The second-order valence-corrected chi connectivity index (χ2v) is 8.53. The summed E-state index contributed by atoms with van der Waals surface area (Å²) in [6.07, 6.45) is 0. The van der Waals surface area contributed by atoms with Gasteiger partial charge in [0.05, 0.1) is 18.2 Å². The number of carbonyl (C=O) groups is 1. The Kier molecular flexibility index (Phi) is 5.46. The molecule has 0 amide bonds. The second kappa shape index (κ2) is 7.70. The van der Waals surface area contributed by atoms with Crippen molar-refractivity contribution in [1.29, 1.82) is 0 Å². The lowest BCUT2D eigenvalue weighted by molar-refractivity contribution is 0.0697. The first kappa shape index (κ1) is 20.6. The molecule has 0 radical (unpaired) electrons. The van der Waals surface area contributed by atoms with E-state index in [1.807, 2.05) is 65.0 Å². The maximum absolute atomic E-state index is 12.9. The largest absolute Gasteiger partial charge is 0.478 e. The highest BCUT2D eigenvalue weighted by molar-refractivity contribution is 5.95. The average Bonchev–Trinajstić information content (AvgIpc) is 2.99. The van der Waals surface area contributed by atoms with Crippen LogP contribution in [0, 0.1) is 0 Å². The molecule has 2 aromatic carbocycles. The fraction of sp³-hybridized carbons (Fsp3) is 0.348. The summed E-state index contributed by atoms with van der Waals surface area (Å²) in [4.78, 5) is 24.4. The molecule has 1 N–H and O–H groups in total. The molecule has 6 nitrogen and oxygen atoms in total.